The van der Waals surface area contributed by atoms with Gasteiger partial charge in [-0.1, -0.05) is 13.8 Å². The minimum atomic E-state index is -0.237. The molecule has 0 aromatic rings. The second-order valence-corrected chi connectivity index (χ2v) is 3.20. The molecule has 1 rings (SSSR count). The van der Waals surface area contributed by atoms with Crippen LogP contribution in [0.1, 0.15) is 20.3 Å². The van der Waals surface area contributed by atoms with Crippen molar-refractivity contribution in [2.75, 3.05) is 0 Å². The molecule has 56 valence electrons. The van der Waals surface area contributed by atoms with Crippen LogP contribution in [0.5, 0.6) is 0 Å². The quantitative estimate of drug-likeness (QED) is 0.584. The predicted octanol–water partition coefficient (Wildman–Crippen LogP) is 1.84. The molecular weight excluding hydrogens is 128 g/mol. The first-order valence-electron chi connectivity index (χ1n) is 3.58. The van der Waals surface area contributed by atoms with E-state index in [1.807, 2.05) is 0 Å². The Morgan fingerprint density at radius 3 is 2.60 bits per heavy atom. The summed E-state index contributed by atoms with van der Waals surface area (Å²) < 4.78 is 0. The van der Waals surface area contributed by atoms with Gasteiger partial charge in [0.1, 0.15) is 0 Å². The fraction of sp³-hybridized carbons (Fsp3) is 0.857. The van der Waals surface area contributed by atoms with Crippen molar-refractivity contribution in [1.29, 1.82) is 5.53 Å². The molecule has 3 nitrogen and oxygen atoms in total. The van der Waals surface area contributed by atoms with Crippen LogP contribution in [-0.2, 0) is 4.79 Å². The lowest BCUT2D eigenvalue weighted by molar-refractivity contribution is -0.120. The molecule has 1 amide bonds. The average Bonchev–Trinajstić information content (AvgIpc) is 2.64. The molecule has 2 unspecified atom stereocenters. The number of hydrogen-bond donors (Lipinski definition) is 1. The fourth-order valence-corrected chi connectivity index (χ4v) is 1.32. The highest BCUT2D eigenvalue weighted by Crippen LogP contribution is 2.44. The Bertz CT molecular complexity index is 165. The lowest BCUT2D eigenvalue weighted by Gasteiger charge is -1.98. The van der Waals surface area contributed by atoms with Gasteiger partial charge >= 0.3 is 0 Å². The van der Waals surface area contributed by atoms with Crippen LogP contribution in [0.4, 0.5) is 0 Å². The molecule has 3 heteroatoms. The van der Waals surface area contributed by atoms with Crippen molar-refractivity contribution >= 4 is 5.91 Å². The number of rotatable bonds is 2. The molecule has 2 atom stereocenters. The standard InChI is InChI=1S/C7H12N2O/c1-4(2)5-3-6(5)7(10)9-8/h4-6,8H,3H2,1-2H3. The molecule has 1 fully saturated rings. The highest BCUT2D eigenvalue weighted by molar-refractivity contribution is 5.81. The second-order valence-electron chi connectivity index (χ2n) is 3.20. The van der Waals surface area contributed by atoms with Crippen LogP contribution in [0.25, 0.3) is 0 Å². The molecule has 1 saturated carbocycles. The number of nitrogens with one attached hydrogen (secondary N) is 1. The van der Waals surface area contributed by atoms with Crippen molar-refractivity contribution in [3.05, 3.63) is 0 Å². The summed E-state index contributed by atoms with van der Waals surface area (Å²) in [4.78, 5) is 10.7. The molecule has 1 aliphatic rings. The molecule has 10 heavy (non-hydrogen) atoms. The Labute approximate surface area is 60.3 Å². The summed E-state index contributed by atoms with van der Waals surface area (Å²) in [5.41, 5.74) is 6.49. The van der Waals surface area contributed by atoms with Crippen LogP contribution in [0.3, 0.4) is 0 Å². The zero-order valence-electron chi connectivity index (χ0n) is 6.29. The van der Waals surface area contributed by atoms with Gasteiger partial charge < -0.3 is 0 Å². The van der Waals surface area contributed by atoms with Crippen molar-refractivity contribution in [2.24, 2.45) is 22.9 Å². The summed E-state index contributed by atoms with van der Waals surface area (Å²) in [5.74, 6) is 0.911. The highest BCUT2D eigenvalue weighted by atomic mass is 16.1. The van der Waals surface area contributed by atoms with Gasteiger partial charge in [0.2, 0.25) is 0 Å². The first kappa shape index (κ1) is 7.38. The monoisotopic (exact) mass is 140 g/mol. The third kappa shape index (κ3) is 1.23. The van der Waals surface area contributed by atoms with Gasteiger partial charge in [0.25, 0.3) is 5.91 Å². The largest absolute Gasteiger partial charge is 0.271 e. The van der Waals surface area contributed by atoms with Crippen molar-refractivity contribution in [3.8, 4) is 0 Å². The number of amides is 1. The summed E-state index contributed by atoms with van der Waals surface area (Å²) in [5, 5.41) is 2.89. The van der Waals surface area contributed by atoms with Gasteiger partial charge in [-0.25, -0.2) is 5.53 Å². The summed E-state index contributed by atoms with van der Waals surface area (Å²) in [7, 11) is 0. The molecular formula is C7H12N2O. The Morgan fingerprint density at radius 2 is 2.30 bits per heavy atom. The van der Waals surface area contributed by atoms with Gasteiger partial charge in [-0.3, -0.25) is 4.79 Å². The molecule has 0 saturated heterocycles. The first-order valence-corrected chi connectivity index (χ1v) is 3.58. The Kier molecular flexibility index (Phi) is 1.83. The lowest BCUT2D eigenvalue weighted by Crippen LogP contribution is -2.00. The van der Waals surface area contributed by atoms with E-state index in [1.54, 1.807) is 0 Å². The van der Waals surface area contributed by atoms with E-state index < -0.39 is 0 Å². The number of carbonyl (C=O) groups excluding carboxylic acids is 1. The van der Waals surface area contributed by atoms with Crippen LogP contribution >= 0.6 is 0 Å². The molecule has 0 radical (unpaired) electrons. The van der Waals surface area contributed by atoms with Crippen LogP contribution in [0, 0.1) is 23.3 Å². The maximum atomic E-state index is 10.7. The van der Waals surface area contributed by atoms with Gasteiger partial charge in [0, 0.05) is 5.92 Å². The summed E-state index contributed by atoms with van der Waals surface area (Å²) in [6, 6.07) is 0. The van der Waals surface area contributed by atoms with E-state index in [-0.39, 0.29) is 11.8 Å². The van der Waals surface area contributed by atoms with E-state index in [2.05, 4.69) is 19.0 Å². The van der Waals surface area contributed by atoms with Gasteiger partial charge in [-0.15, -0.1) is 5.11 Å². The molecule has 0 bridgehead atoms. The van der Waals surface area contributed by atoms with Gasteiger partial charge in [-0.05, 0) is 18.3 Å². The maximum Gasteiger partial charge on any atom is 0.267 e. The van der Waals surface area contributed by atoms with Crippen LogP contribution < -0.4 is 0 Å². The molecule has 1 N–H and O–H groups in total. The molecule has 0 aliphatic heterocycles. The average molecular weight is 140 g/mol. The first-order chi connectivity index (χ1) is 4.66. The van der Waals surface area contributed by atoms with Crippen LogP contribution in [0.2, 0.25) is 0 Å². The Morgan fingerprint density at radius 1 is 1.70 bits per heavy atom. The second kappa shape index (κ2) is 2.48. The minimum Gasteiger partial charge on any atom is -0.271 e. The third-order valence-electron chi connectivity index (χ3n) is 2.12. The van der Waals surface area contributed by atoms with Crippen molar-refractivity contribution in [1.82, 2.24) is 0 Å². The summed E-state index contributed by atoms with van der Waals surface area (Å²) in [6.07, 6.45) is 0.943. The molecule has 0 spiro atoms. The lowest BCUT2D eigenvalue weighted by atomic mass is 10.1. The summed E-state index contributed by atoms with van der Waals surface area (Å²) >= 11 is 0. The normalized spacial score (nSPS) is 30.3. The predicted molar refractivity (Wildman–Crippen MR) is 36.6 cm³/mol. The molecule has 0 aromatic heterocycles. The SMILES string of the molecule is CC(C)C1CC1C(=O)N=N. The van der Waals surface area contributed by atoms with Gasteiger partial charge in [-0.2, -0.15) is 0 Å². The van der Waals surface area contributed by atoms with E-state index in [4.69, 9.17) is 5.53 Å². The van der Waals surface area contributed by atoms with Crippen molar-refractivity contribution in [2.45, 2.75) is 20.3 Å². The third-order valence-corrected chi connectivity index (χ3v) is 2.12. The van der Waals surface area contributed by atoms with Crippen molar-refractivity contribution in [3.63, 3.8) is 0 Å². The molecule has 0 heterocycles. The van der Waals surface area contributed by atoms with Crippen LogP contribution in [-0.4, -0.2) is 5.91 Å². The van der Waals surface area contributed by atoms with E-state index >= 15 is 0 Å². The van der Waals surface area contributed by atoms with Crippen molar-refractivity contribution < 1.29 is 4.79 Å². The minimum absolute atomic E-state index is 0.0810. The Balaban J connectivity index is 2.38. The van der Waals surface area contributed by atoms with Crippen LogP contribution in [0.15, 0.2) is 5.11 Å². The van der Waals surface area contributed by atoms with E-state index in [0.29, 0.717) is 11.8 Å². The highest BCUT2D eigenvalue weighted by Gasteiger charge is 2.44. The molecule has 0 aromatic carbocycles. The Hall–Kier alpha value is -0.730. The number of carbonyl (C=O) groups is 1. The topological polar surface area (TPSA) is 53.3 Å². The smallest absolute Gasteiger partial charge is 0.267 e. The van der Waals surface area contributed by atoms with E-state index in [9.17, 15) is 4.79 Å². The van der Waals surface area contributed by atoms with Gasteiger partial charge in [0.15, 0.2) is 0 Å². The fourth-order valence-electron chi connectivity index (χ4n) is 1.32. The molecule has 1 aliphatic carbocycles. The zero-order valence-corrected chi connectivity index (χ0v) is 6.29. The number of nitrogens with zero attached hydrogens (tertiary/aromatic N) is 1. The zero-order chi connectivity index (χ0) is 7.72. The summed E-state index contributed by atoms with van der Waals surface area (Å²) in [6.45, 7) is 4.20. The van der Waals surface area contributed by atoms with E-state index in [1.165, 1.54) is 0 Å². The van der Waals surface area contributed by atoms with Gasteiger partial charge in [0.05, 0.1) is 0 Å². The number of hydrogen-bond acceptors (Lipinski definition) is 2. The van der Waals surface area contributed by atoms with E-state index in [0.717, 1.165) is 6.42 Å². The maximum absolute atomic E-state index is 10.7.